The number of likely N-dealkylation sites (N-methyl/N-ethyl adjacent to an activating group) is 1. The van der Waals surface area contributed by atoms with Crippen molar-refractivity contribution in [2.24, 2.45) is 0 Å². The molecule has 0 saturated heterocycles. The third-order valence-corrected chi connectivity index (χ3v) is 3.09. The minimum absolute atomic E-state index is 0.154. The van der Waals surface area contributed by atoms with Gasteiger partial charge in [0, 0.05) is 30.3 Å². The molecule has 3 heteroatoms. The summed E-state index contributed by atoms with van der Waals surface area (Å²) in [6, 6.07) is 3.50. The summed E-state index contributed by atoms with van der Waals surface area (Å²) in [5.41, 5.74) is 1.54. The fourth-order valence-electron chi connectivity index (χ4n) is 2.26. The normalized spacial score (nSPS) is 18.5. The number of halogens is 2. The maximum absolute atomic E-state index is 13.8. The zero-order chi connectivity index (χ0) is 10.5. The summed E-state index contributed by atoms with van der Waals surface area (Å²) in [5, 5.41) is 0.215. The lowest BCUT2D eigenvalue weighted by molar-refractivity contribution is 0.517. The Labute approximate surface area is 88.5 Å². The molecule has 0 aliphatic carbocycles. The van der Waals surface area contributed by atoms with Crippen molar-refractivity contribution >= 4 is 17.3 Å². The van der Waals surface area contributed by atoms with Crippen LogP contribution < -0.4 is 4.90 Å². The average Bonchev–Trinajstić information content (AvgIpc) is 2.29. The number of rotatable bonds is 0. The van der Waals surface area contributed by atoms with Gasteiger partial charge in [-0.1, -0.05) is 25.4 Å². The van der Waals surface area contributed by atoms with Crippen LogP contribution in [0.15, 0.2) is 12.1 Å². The smallest absolute Gasteiger partial charge is 0.147 e. The summed E-state index contributed by atoms with van der Waals surface area (Å²) in [4.78, 5) is 2.06. The van der Waals surface area contributed by atoms with Crippen LogP contribution in [0.4, 0.5) is 10.1 Å². The third kappa shape index (κ3) is 1.21. The SMILES string of the molecule is CN1CC(C)(C)c2c1ccc(Cl)c2F. The van der Waals surface area contributed by atoms with E-state index in [0.29, 0.717) is 0 Å². The largest absolute Gasteiger partial charge is 0.373 e. The molecule has 1 aromatic rings. The number of fused-ring (bicyclic) bond motifs is 1. The summed E-state index contributed by atoms with van der Waals surface area (Å²) >= 11 is 5.77. The Morgan fingerprint density at radius 2 is 2.07 bits per heavy atom. The molecule has 0 fully saturated rings. The second-order valence-electron chi connectivity index (χ2n) is 4.50. The number of benzene rings is 1. The van der Waals surface area contributed by atoms with Crippen LogP contribution in [-0.4, -0.2) is 13.6 Å². The van der Waals surface area contributed by atoms with Crippen LogP contribution in [0.1, 0.15) is 19.4 Å². The molecular formula is C11H13ClFN. The molecule has 0 spiro atoms. The fraction of sp³-hybridized carbons (Fsp3) is 0.455. The highest BCUT2D eigenvalue weighted by Crippen LogP contribution is 2.42. The number of nitrogens with zero attached hydrogens (tertiary/aromatic N) is 1. The maximum Gasteiger partial charge on any atom is 0.147 e. The van der Waals surface area contributed by atoms with E-state index in [0.717, 1.165) is 17.8 Å². The van der Waals surface area contributed by atoms with Gasteiger partial charge in [0.1, 0.15) is 5.82 Å². The maximum atomic E-state index is 13.8. The van der Waals surface area contributed by atoms with E-state index >= 15 is 0 Å². The van der Waals surface area contributed by atoms with E-state index in [4.69, 9.17) is 11.6 Å². The molecule has 0 bridgehead atoms. The molecule has 1 heterocycles. The molecule has 0 unspecified atom stereocenters. The van der Waals surface area contributed by atoms with Crippen LogP contribution >= 0.6 is 11.6 Å². The minimum Gasteiger partial charge on any atom is -0.373 e. The quantitative estimate of drug-likeness (QED) is 0.640. The van der Waals surface area contributed by atoms with Crippen molar-refractivity contribution in [3.8, 4) is 0 Å². The Bertz CT molecular complexity index is 387. The second-order valence-corrected chi connectivity index (χ2v) is 4.90. The van der Waals surface area contributed by atoms with Gasteiger partial charge in [-0.3, -0.25) is 0 Å². The molecule has 0 amide bonds. The van der Waals surface area contributed by atoms with Crippen LogP contribution in [0.3, 0.4) is 0 Å². The average molecular weight is 214 g/mol. The van der Waals surface area contributed by atoms with Crippen LogP contribution in [0.2, 0.25) is 5.02 Å². The van der Waals surface area contributed by atoms with Crippen molar-refractivity contribution < 1.29 is 4.39 Å². The topological polar surface area (TPSA) is 3.24 Å². The van der Waals surface area contributed by atoms with Crippen molar-refractivity contribution in [2.75, 3.05) is 18.5 Å². The van der Waals surface area contributed by atoms with Crippen LogP contribution in [0, 0.1) is 5.82 Å². The summed E-state index contributed by atoms with van der Waals surface area (Å²) < 4.78 is 13.8. The molecule has 2 rings (SSSR count). The van der Waals surface area contributed by atoms with E-state index in [1.807, 2.05) is 27.0 Å². The van der Waals surface area contributed by atoms with Crippen molar-refractivity contribution in [2.45, 2.75) is 19.3 Å². The molecule has 0 aromatic heterocycles. The molecule has 76 valence electrons. The highest BCUT2D eigenvalue weighted by Gasteiger charge is 2.36. The highest BCUT2D eigenvalue weighted by molar-refractivity contribution is 6.31. The number of hydrogen-bond acceptors (Lipinski definition) is 1. The van der Waals surface area contributed by atoms with Gasteiger partial charge in [-0.2, -0.15) is 0 Å². The van der Waals surface area contributed by atoms with Gasteiger partial charge in [0.05, 0.1) is 5.02 Å². The zero-order valence-corrected chi connectivity index (χ0v) is 9.32. The first-order valence-electron chi connectivity index (χ1n) is 4.63. The van der Waals surface area contributed by atoms with Crippen LogP contribution in [-0.2, 0) is 5.41 Å². The third-order valence-electron chi connectivity index (χ3n) is 2.79. The Hall–Kier alpha value is -0.760. The highest BCUT2D eigenvalue weighted by atomic mass is 35.5. The Balaban J connectivity index is 2.70. The lowest BCUT2D eigenvalue weighted by atomic mass is 9.86. The first kappa shape index (κ1) is 9.78. The Morgan fingerprint density at radius 3 is 2.71 bits per heavy atom. The van der Waals surface area contributed by atoms with Crippen molar-refractivity contribution in [1.29, 1.82) is 0 Å². The predicted octanol–water partition coefficient (Wildman–Crippen LogP) is 3.21. The number of anilines is 1. The van der Waals surface area contributed by atoms with E-state index in [2.05, 4.69) is 4.90 Å². The summed E-state index contributed by atoms with van der Waals surface area (Å²) in [6.45, 7) is 4.91. The van der Waals surface area contributed by atoms with E-state index in [9.17, 15) is 4.39 Å². The lowest BCUT2D eigenvalue weighted by Crippen LogP contribution is -2.25. The summed E-state index contributed by atoms with van der Waals surface area (Å²) in [5.74, 6) is -0.265. The fourth-order valence-corrected chi connectivity index (χ4v) is 2.42. The molecule has 1 aliphatic heterocycles. The molecule has 1 nitrogen and oxygen atoms in total. The predicted molar refractivity (Wildman–Crippen MR) is 57.7 cm³/mol. The van der Waals surface area contributed by atoms with E-state index in [1.54, 1.807) is 6.07 Å². The van der Waals surface area contributed by atoms with Crippen LogP contribution in [0.25, 0.3) is 0 Å². The molecular weight excluding hydrogens is 201 g/mol. The van der Waals surface area contributed by atoms with Crippen molar-refractivity contribution in [3.05, 3.63) is 28.5 Å². The zero-order valence-electron chi connectivity index (χ0n) is 8.56. The van der Waals surface area contributed by atoms with Gasteiger partial charge in [0.2, 0.25) is 0 Å². The minimum atomic E-state index is -0.265. The van der Waals surface area contributed by atoms with E-state index in [-0.39, 0.29) is 16.3 Å². The summed E-state index contributed by atoms with van der Waals surface area (Å²) in [6.07, 6.45) is 0. The van der Waals surface area contributed by atoms with Gasteiger partial charge in [-0.05, 0) is 12.1 Å². The second kappa shape index (κ2) is 2.86. The first-order valence-corrected chi connectivity index (χ1v) is 5.01. The molecule has 0 atom stereocenters. The van der Waals surface area contributed by atoms with Gasteiger partial charge in [0.25, 0.3) is 0 Å². The van der Waals surface area contributed by atoms with E-state index < -0.39 is 0 Å². The van der Waals surface area contributed by atoms with Gasteiger partial charge < -0.3 is 4.90 Å². The molecule has 1 aliphatic rings. The van der Waals surface area contributed by atoms with E-state index in [1.165, 1.54) is 0 Å². The molecule has 1 aromatic carbocycles. The number of hydrogen-bond donors (Lipinski definition) is 0. The molecule has 0 radical (unpaired) electrons. The van der Waals surface area contributed by atoms with Gasteiger partial charge in [-0.25, -0.2) is 4.39 Å². The first-order chi connectivity index (χ1) is 6.43. The summed E-state index contributed by atoms with van der Waals surface area (Å²) in [7, 11) is 1.97. The van der Waals surface area contributed by atoms with Crippen LogP contribution in [0.5, 0.6) is 0 Å². The molecule has 0 N–H and O–H groups in total. The van der Waals surface area contributed by atoms with Gasteiger partial charge >= 0.3 is 0 Å². The van der Waals surface area contributed by atoms with Crippen molar-refractivity contribution in [3.63, 3.8) is 0 Å². The van der Waals surface area contributed by atoms with Gasteiger partial charge in [-0.15, -0.1) is 0 Å². The lowest BCUT2D eigenvalue weighted by Gasteiger charge is -2.18. The Kier molecular flexibility index (Phi) is 2.00. The Morgan fingerprint density at radius 1 is 1.43 bits per heavy atom. The monoisotopic (exact) mass is 213 g/mol. The molecule has 14 heavy (non-hydrogen) atoms. The molecule has 0 saturated carbocycles. The van der Waals surface area contributed by atoms with Crippen molar-refractivity contribution in [1.82, 2.24) is 0 Å². The van der Waals surface area contributed by atoms with Gasteiger partial charge in [0.15, 0.2) is 0 Å². The standard InChI is InChI=1S/C11H13ClFN/c1-11(2)6-14(3)8-5-4-7(12)10(13)9(8)11/h4-5H,6H2,1-3H3.